The van der Waals surface area contributed by atoms with E-state index in [-0.39, 0.29) is 17.7 Å². The zero-order valence-electron chi connectivity index (χ0n) is 14.7. The minimum atomic E-state index is -0.277. The average molecular weight is 378 g/mol. The number of nitrogens with zero attached hydrogens (tertiary/aromatic N) is 2. The molecule has 0 unspecified atom stereocenters. The normalized spacial score (nSPS) is 13.2. The SMILES string of the molecule is Cc1cc(-c2ccncc2NC(=O)c2ccnc(NC(=O)C3CC3)c2)cs1. The van der Waals surface area contributed by atoms with Crippen molar-refractivity contribution in [2.24, 2.45) is 5.92 Å². The van der Waals surface area contributed by atoms with Gasteiger partial charge in [0.1, 0.15) is 5.82 Å². The van der Waals surface area contributed by atoms with Gasteiger partial charge >= 0.3 is 0 Å². The second-order valence-corrected chi connectivity index (χ2v) is 7.63. The number of hydrogen-bond donors (Lipinski definition) is 2. The third-order valence-corrected chi connectivity index (χ3v) is 5.19. The highest BCUT2D eigenvalue weighted by atomic mass is 32.1. The molecule has 0 aromatic carbocycles. The van der Waals surface area contributed by atoms with Crippen LogP contribution >= 0.6 is 11.3 Å². The maximum absolute atomic E-state index is 12.7. The summed E-state index contributed by atoms with van der Waals surface area (Å²) in [6.45, 7) is 2.04. The maximum Gasteiger partial charge on any atom is 0.255 e. The Kier molecular flexibility index (Phi) is 4.68. The number of thiophene rings is 1. The highest BCUT2D eigenvalue weighted by molar-refractivity contribution is 7.10. The molecule has 0 spiro atoms. The number of pyridine rings is 2. The average Bonchev–Trinajstić information content (AvgIpc) is 3.44. The van der Waals surface area contributed by atoms with Crippen LogP contribution in [0.5, 0.6) is 0 Å². The van der Waals surface area contributed by atoms with Gasteiger partial charge in [-0.2, -0.15) is 0 Å². The molecule has 0 atom stereocenters. The largest absolute Gasteiger partial charge is 0.320 e. The van der Waals surface area contributed by atoms with E-state index in [9.17, 15) is 9.59 Å². The summed E-state index contributed by atoms with van der Waals surface area (Å²) in [7, 11) is 0. The lowest BCUT2D eigenvalue weighted by Crippen LogP contribution is -2.16. The Balaban J connectivity index is 1.54. The van der Waals surface area contributed by atoms with Crippen molar-refractivity contribution in [1.29, 1.82) is 0 Å². The smallest absolute Gasteiger partial charge is 0.255 e. The Morgan fingerprint density at radius 1 is 1.15 bits per heavy atom. The van der Waals surface area contributed by atoms with Gasteiger partial charge in [0, 0.05) is 34.3 Å². The molecule has 3 heterocycles. The van der Waals surface area contributed by atoms with Crippen LogP contribution in [0.3, 0.4) is 0 Å². The Morgan fingerprint density at radius 2 is 2.00 bits per heavy atom. The quantitative estimate of drug-likeness (QED) is 0.700. The van der Waals surface area contributed by atoms with E-state index in [0.29, 0.717) is 17.1 Å². The first kappa shape index (κ1) is 17.4. The summed E-state index contributed by atoms with van der Waals surface area (Å²) in [5.41, 5.74) is 3.02. The van der Waals surface area contributed by atoms with Crippen LogP contribution in [0.4, 0.5) is 11.5 Å². The molecule has 27 heavy (non-hydrogen) atoms. The number of rotatable bonds is 5. The van der Waals surface area contributed by atoms with Gasteiger partial charge in [0.15, 0.2) is 0 Å². The number of nitrogens with one attached hydrogen (secondary N) is 2. The third kappa shape index (κ3) is 4.03. The van der Waals surface area contributed by atoms with E-state index in [1.54, 1.807) is 35.9 Å². The van der Waals surface area contributed by atoms with E-state index in [0.717, 1.165) is 24.0 Å². The molecule has 2 N–H and O–H groups in total. The van der Waals surface area contributed by atoms with Gasteiger partial charge in [0.05, 0.1) is 11.9 Å². The molecule has 136 valence electrons. The Morgan fingerprint density at radius 3 is 2.74 bits per heavy atom. The minimum Gasteiger partial charge on any atom is -0.320 e. The molecule has 1 saturated carbocycles. The first-order valence-corrected chi connectivity index (χ1v) is 9.56. The summed E-state index contributed by atoms with van der Waals surface area (Å²) in [6, 6.07) is 7.16. The molecule has 0 saturated heterocycles. The highest BCUT2D eigenvalue weighted by Crippen LogP contribution is 2.31. The van der Waals surface area contributed by atoms with Gasteiger partial charge in [-0.15, -0.1) is 11.3 Å². The van der Waals surface area contributed by atoms with Crippen LogP contribution in [0.15, 0.2) is 48.2 Å². The molecule has 3 aromatic heterocycles. The molecule has 7 heteroatoms. The van der Waals surface area contributed by atoms with E-state index in [4.69, 9.17) is 0 Å². The predicted molar refractivity (Wildman–Crippen MR) is 106 cm³/mol. The van der Waals surface area contributed by atoms with Crippen LogP contribution < -0.4 is 10.6 Å². The number of carbonyl (C=O) groups is 2. The fourth-order valence-corrected chi connectivity index (χ4v) is 3.44. The fraction of sp³-hybridized carbons (Fsp3) is 0.200. The van der Waals surface area contributed by atoms with Gasteiger partial charge in [-0.25, -0.2) is 4.98 Å². The van der Waals surface area contributed by atoms with E-state index in [2.05, 4.69) is 32.0 Å². The van der Waals surface area contributed by atoms with Crippen molar-refractivity contribution in [3.05, 3.63) is 58.7 Å². The van der Waals surface area contributed by atoms with Crippen molar-refractivity contribution in [1.82, 2.24) is 9.97 Å². The van der Waals surface area contributed by atoms with E-state index >= 15 is 0 Å². The number of anilines is 2. The highest BCUT2D eigenvalue weighted by Gasteiger charge is 2.29. The summed E-state index contributed by atoms with van der Waals surface area (Å²) in [6.07, 6.45) is 6.69. The minimum absolute atomic E-state index is 0.0394. The Bertz CT molecular complexity index is 1010. The van der Waals surface area contributed by atoms with Gasteiger partial charge in [0.2, 0.25) is 5.91 Å². The van der Waals surface area contributed by atoms with Crippen LogP contribution in [-0.2, 0) is 4.79 Å². The van der Waals surface area contributed by atoms with Crippen molar-refractivity contribution in [2.45, 2.75) is 19.8 Å². The summed E-state index contributed by atoms with van der Waals surface area (Å²) in [5.74, 6) is 0.152. The summed E-state index contributed by atoms with van der Waals surface area (Å²) in [4.78, 5) is 34.1. The number of aryl methyl sites for hydroxylation is 1. The molecule has 1 fully saturated rings. The lowest BCUT2D eigenvalue weighted by molar-refractivity contribution is -0.117. The van der Waals surface area contributed by atoms with Gasteiger partial charge < -0.3 is 10.6 Å². The molecular formula is C20H18N4O2S. The van der Waals surface area contributed by atoms with Gasteiger partial charge in [-0.3, -0.25) is 14.6 Å². The molecule has 0 radical (unpaired) electrons. The second kappa shape index (κ2) is 7.28. The van der Waals surface area contributed by atoms with Crippen LogP contribution in [0.25, 0.3) is 11.1 Å². The second-order valence-electron chi connectivity index (χ2n) is 6.51. The molecule has 3 aromatic rings. The molecule has 1 aliphatic rings. The monoisotopic (exact) mass is 378 g/mol. The molecule has 1 aliphatic carbocycles. The maximum atomic E-state index is 12.7. The molecule has 2 amide bonds. The summed E-state index contributed by atoms with van der Waals surface area (Å²) in [5, 5.41) is 7.73. The molecular weight excluding hydrogens is 360 g/mol. The Labute approximate surface area is 160 Å². The molecule has 0 aliphatic heterocycles. The topological polar surface area (TPSA) is 84.0 Å². The first-order chi connectivity index (χ1) is 13.1. The van der Waals surface area contributed by atoms with Crippen LogP contribution in [0, 0.1) is 12.8 Å². The van der Waals surface area contributed by atoms with Gasteiger partial charge in [0.25, 0.3) is 5.91 Å². The van der Waals surface area contributed by atoms with E-state index < -0.39 is 0 Å². The zero-order chi connectivity index (χ0) is 18.8. The standard InChI is InChI=1S/C20H18N4O2S/c1-12-8-15(11-27-12)16-5-6-21-10-17(16)23-20(26)14-4-7-22-18(9-14)24-19(25)13-2-3-13/h4-11,13H,2-3H2,1H3,(H,23,26)(H,22,24,25). The van der Waals surface area contributed by atoms with Crippen molar-refractivity contribution in [3.63, 3.8) is 0 Å². The lowest BCUT2D eigenvalue weighted by atomic mass is 10.1. The number of amides is 2. The van der Waals surface area contributed by atoms with Crippen LogP contribution in [0.1, 0.15) is 28.1 Å². The molecule has 4 rings (SSSR count). The van der Waals surface area contributed by atoms with Gasteiger partial charge in [-0.1, -0.05) is 0 Å². The zero-order valence-corrected chi connectivity index (χ0v) is 15.5. The van der Waals surface area contributed by atoms with E-state index in [1.807, 2.05) is 13.0 Å². The predicted octanol–water partition coefficient (Wildman–Crippen LogP) is 4.11. The summed E-state index contributed by atoms with van der Waals surface area (Å²) >= 11 is 1.66. The lowest BCUT2D eigenvalue weighted by Gasteiger charge is -2.10. The van der Waals surface area contributed by atoms with E-state index in [1.165, 1.54) is 11.1 Å². The van der Waals surface area contributed by atoms with Crippen LogP contribution in [-0.4, -0.2) is 21.8 Å². The van der Waals surface area contributed by atoms with Crippen molar-refractivity contribution >= 4 is 34.7 Å². The number of hydrogen-bond acceptors (Lipinski definition) is 5. The van der Waals surface area contributed by atoms with Crippen molar-refractivity contribution in [3.8, 4) is 11.1 Å². The molecule has 0 bridgehead atoms. The first-order valence-electron chi connectivity index (χ1n) is 8.68. The fourth-order valence-electron chi connectivity index (χ4n) is 2.74. The molecule has 6 nitrogen and oxygen atoms in total. The Hall–Kier alpha value is -3.06. The number of carbonyl (C=O) groups excluding carboxylic acids is 2. The van der Waals surface area contributed by atoms with Crippen molar-refractivity contribution in [2.75, 3.05) is 10.6 Å². The third-order valence-electron chi connectivity index (χ3n) is 4.33. The van der Waals surface area contributed by atoms with Crippen LogP contribution in [0.2, 0.25) is 0 Å². The van der Waals surface area contributed by atoms with Gasteiger partial charge in [-0.05, 0) is 55.0 Å². The van der Waals surface area contributed by atoms with Crippen molar-refractivity contribution < 1.29 is 9.59 Å². The number of aromatic nitrogens is 2. The summed E-state index contributed by atoms with van der Waals surface area (Å²) < 4.78 is 0.